The number of esters is 1. The summed E-state index contributed by atoms with van der Waals surface area (Å²) in [5, 5.41) is 3.19. The Balaban J connectivity index is 1.55. The molecule has 1 unspecified atom stereocenters. The van der Waals surface area contributed by atoms with E-state index in [1.165, 1.54) is 0 Å². The number of nitrogens with one attached hydrogen (secondary N) is 1. The summed E-state index contributed by atoms with van der Waals surface area (Å²) in [6.45, 7) is 2.84. The largest absolute Gasteiger partial charge is 0.492 e. The van der Waals surface area contributed by atoms with Gasteiger partial charge >= 0.3 is 5.97 Å². The molecule has 1 N–H and O–H groups in total. The minimum atomic E-state index is -0.493. The maximum atomic E-state index is 12.9. The van der Waals surface area contributed by atoms with Gasteiger partial charge in [0.1, 0.15) is 23.7 Å². The summed E-state index contributed by atoms with van der Waals surface area (Å²) in [6.07, 6.45) is 1.04. The second-order valence-corrected chi connectivity index (χ2v) is 7.63. The number of hydrogen-bond donors (Lipinski definition) is 1. The molecule has 0 bridgehead atoms. The number of Topliss-reactive ketones (excluding diaryl/α,β-unsaturated/α-hetero) is 1. The number of hydrogen-bond acceptors (Lipinski definition) is 6. The molecule has 1 aliphatic rings. The topological polar surface area (TPSA) is 77.5 Å². The molecule has 0 saturated heterocycles. The van der Waals surface area contributed by atoms with E-state index in [1.807, 2.05) is 60.7 Å². The lowest BCUT2D eigenvalue weighted by atomic mass is 9.81. The van der Waals surface area contributed by atoms with Crippen molar-refractivity contribution in [3.05, 3.63) is 89.1 Å². The van der Waals surface area contributed by atoms with E-state index in [-0.39, 0.29) is 23.9 Å². The molecule has 4 rings (SSSR count). The van der Waals surface area contributed by atoms with Crippen LogP contribution in [0.1, 0.15) is 51.2 Å². The molecular weight excluding hydrogens is 404 g/mol. The molecule has 0 fully saturated rings. The van der Waals surface area contributed by atoms with Gasteiger partial charge in [0.15, 0.2) is 5.78 Å². The first-order chi connectivity index (χ1) is 15.7. The van der Waals surface area contributed by atoms with Crippen molar-refractivity contribution in [3.8, 4) is 5.75 Å². The number of aromatic nitrogens is 1. The summed E-state index contributed by atoms with van der Waals surface area (Å²) in [7, 11) is 0. The van der Waals surface area contributed by atoms with Gasteiger partial charge in [0.2, 0.25) is 0 Å². The number of carbonyl (C=O) groups is 2. The molecule has 6 heteroatoms. The lowest BCUT2D eigenvalue weighted by Crippen LogP contribution is -2.23. The van der Waals surface area contributed by atoms with Crippen LogP contribution in [0.3, 0.4) is 0 Å². The molecular formula is C26H26N2O4. The lowest BCUT2D eigenvalue weighted by molar-refractivity contribution is 0.0527. The summed E-state index contributed by atoms with van der Waals surface area (Å²) in [6, 6.07) is 21.1. The zero-order valence-corrected chi connectivity index (χ0v) is 18.0. The highest BCUT2D eigenvalue weighted by atomic mass is 16.5. The summed E-state index contributed by atoms with van der Waals surface area (Å²) in [4.78, 5) is 30.2. The van der Waals surface area contributed by atoms with E-state index in [4.69, 9.17) is 14.5 Å². The highest BCUT2D eigenvalue weighted by molar-refractivity contribution is 6.03. The number of nitrogens with zero attached hydrogens (tertiary/aromatic N) is 1. The Bertz CT molecular complexity index is 1080. The third kappa shape index (κ3) is 4.97. The second kappa shape index (κ2) is 10.1. The van der Waals surface area contributed by atoms with E-state index in [0.717, 1.165) is 11.3 Å². The van der Waals surface area contributed by atoms with Crippen LogP contribution in [-0.2, 0) is 11.2 Å². The predicted molar refractivity (Wildman–Crippen MR) is 122 cm³/mol. The fourth-order valence-electron chi connectivity index (χ4n) is 3.90. The van der Waals surface area contributed by atoms with Crippen molar-refractivity contribution >= 4 is 17.6 Å². The van der Waals surface area contributed by atoms with Gasteiger partial charge in [-0.05, 0) is 43.0 Å². The van der Waals surface area contributed by atoms with Gasteiger partial charge in [-0.15, -0.1) is 0 Å². The molecule has 1 atom stereocenters. The summed E-state index contributed by atoms with van der Waals surface area (Å²) < 4.78 is 10.9. The smallest absolute Gasteiger partial charge is 0.341 e. The summed E-state index contributed by atoms with van der Waals surface area (Å²) >= 11 is 0. The highest BCUT2D eigenvalue weighted by Gasteiger charge is 2.30. The van der Waals surface area contributed by atoms with Crippen LogP contribution in [-0.4, -0.2) is 36.5 Å². The summed E-state index contributed by atoms with van der Waals surface area (Å²) in [5.74, 6) is 0.769. The maximum absolute atomic E-state index is 12.9. The molecule has 0 radical (unpaired) electrons. The third-order valence-corrected chi connectivity index (χ3v) is 5.45. The first kappa shape index (κ1) is 21.6. The van der Waals surface area contributed by atoms with Gasteiger partial charge in [0.05, 0.1) is 18.8 Å². The SMILES string of the molecule is CCOC(=O)c1cc2c(nc1NCCOc1ccccc1)CC(c1ccccc1)CC2=O. The number of carbonyl (C=O) groups excluding carboxylic acids is 2. The van der Waals surface area contributed by atoms with Gasteiger partial charge in [-0.1, -0.05) is 48.5 Å². The van der Waals surface area contributed by atoms with Gasteiger partial charge in [-0.2, -0.15) is 0 Å². The molecule has 6 nitrogen and oxygen atoms in total. The molecule has 0 amide bonds. The van der Waals surface area contributed by atoms with Crippen LogP contribution < -0.4 is 10.1 Å². The van der Waals surface area contributed by atoms with Crippen LogP contribution in [0.4, 0.5) is 5.82 Å². The Morgan fingerprint density at radius 2 is 1.78 bits per heavy atom. The molecule has 1 heterocycles. The Kier molecular flexibility index (Phi) is 6.80. The van der Waals surface area contributed by atoms with Crippen LogP contribution in [0.2, 0.25) is 0 Å². The van der Waals surface area contributed by atoms with Gasteiger partial charge in [-0.25, -0.2) is 9.78 Å². The third-order valence-electron chi connectivity index (χ3n) is 5.45. The number of anilines is 1. The van der Waals surface area contributed by atoms with E-state index in [9.17, 15) is 9.59 Å². The Hall–Kier alpha value is -3.67. The minimum absolute atomic E-state index is 0.00267. The second-order valence-electron chi connectivity index (χ2n) is 7.63. The van der Waals surface area contributed by atoms with Crippen molar-refractivity contribution in [1.29, 1.82) is 0 Å². The van der Waals surface area contributed by atoms with Crippen LogP contribution in [0.15, 0.2) is 66.7 Å². The molecule has 164 valence electrons. The number of para-hydroxylation sites is 1. The quantitative estimate of drug-likeness (QED) is 0.414. The van der Waals surface area contributed by atoms with Crippen LogP contribution in [0, 0.1) is 0 Å². The zero-order valence-electron chi connectivity index (χ0n) is 18.0. The standard InChI is InChI=1S/C26H26N2O4/c1-2-31-26(30)22-17-21-23(15-19(16-24(21)29)18-9-5-3-6-10-18)28-25(22)27-13-14-32-20-11-7-4-8-12-20/h3-12,17,19H,2,13-16H2,1H3,(H,27,28). The molecule has 0 aliphatic heterocycles. The molecule has 1 aromatic heterocycles. The molecule has 1 aliphatic carbocycles. The monoisotopic (exact) mass is 430 g/mol. The fraction of sp³-hybridized carbons (Fsp3) is 0.269. The number of fused-ring (bicyclic) bond motifs is 1. The van der Waals surface area contributed by atoms with Crippen molar-refractivity contribution < 1.29 is 19.1 Å². The Morgan fingerprint density at radius 3 is 2.50 bits per heavy atom. The lowest BCUT2D eigenvalue weighted by Gasteiger charge is -2.25. The zero-order chi connectivity index (χ0) is 22.3. The van der Waals surface area contributed by atoms with Gasteiger partial charge in [0, 0.05) is 12.0 Å². The van der Waals surface area contributed by atoms with E-state index in [1.54, 1.807) is 13.0 Å². The van der Waals surface area contributed by atoms with Crippen LogP contribution in [0.5, 0.6) is 5.75 Å². The van der Waals surface area contributed by atoms with Crippen molar-refractivity contribution in [1.82, 2.24) is 4.98 Å². The first-order valence-corrected chi connectivity index (χ1v) is 10.9. The fourth-order valence-corrected chi connectivity index (χ4v) is 3.90. The molecule has 3 aromatic rings. The number of ketones is 1. The molecule has 2 aromatic carbocycles. The number of pyridine rings is 1. The van der Waals surface area contributed by atoms with Crippen molar-refractivity contribution in [2.45, 2.75) is 25.7 Å². The van der Waals surface area contributed by atoms with E-state index in [0.29, 0.717) is 43.1 Å². The van der Waals surface area contributed by atoms with Gasteiger partial charge in [0.25, 0.3) is 0 Å². The normalized spacial score (nSPS) is 15.0. The average molecular weight is 431 g/mol. The molecule has 32 heavy (non-hydrogen) atoms. The minimum Gasteiger partial charge on any atom is -0.492 e. The van der Waals surface area contributed by atoms with Crippen LogP contribution >= 0.6 is 0 Å². The maximum Gasteiger partial charge on any atom is 0.341 e. The number of rotatable bonds is 8. The van der Waals surface area contributed by atoms with Gasteiger partial charge in [-0.3, -0.25) is 4.79 Å². The van der Waals surface area contributed by atoms with Crippen LogP contribution in [0.25, 0.3) is 0 Å². The van der Waals surface area contributed by atoms with Gasteiger partial charge < -0.3 is 14.8 Å². The highest BCUT2D eigenvalue weighted by Crippen LogP contribution is 2.33. The summed E-state index contributed by atoms with van der Waals surface area (Å²) in [5.41, 5.74) is 2.60. The van der Waals surface area contributed by atoms with E-state index < -0.39 is 5.97 Å². The van der Waals surface area contributed by atoms with Crippen molar-refractivity contribution in [3.63, 3.8) is 0 Å². The molecule has 0 spiro atoms. The van der Waals surface area contributed by atoms with Crippen molar-refractivity contribution in [2.75, 3.05) is 25.1 Å². The Labute approximate surface area is 187 Å². The molecule has 0 saturated carbocycles. The first-order valence-electron chi connectivity index (χ1n) is 10.9. The van der Waals surface area contributed by atoms with E-state index in [2.05, 4.69) is 5.32 Å². The number of ether oxygens (including phenoxy) is 2. The number of benzene rings is 2. The Morgan fingerprint density at radius 1 is 1.06 bits per heavy atom. The van der Waals surface area contributed by atoms with E-state index >= 15 is 0 Å². The average Bonchev–Trinajstić information content (AvgIpc) is 2.82. The predicted octanol–water partition coefficient (Wildman–Crippen LogP) is 4.66. The van der Waals surface area contributed by atoms with Crippen molar-refractivity contribution in [2.24, 2.45) is 0 Å².